The summed E-state index contributed by atoms with van der Waals surface area (Å²) < 4.78 is 6.06. The van der Waals surface area contributed by atoms with E-state index < -0.39 is 0 Å². The molecule has 0 saturated heterocycles. The first-order chi connectivity index (χ1) is 17.6. The molecular weight excluding hydrogens is 504 g/mol. The Balaban J connectivity index is 2.16. The van der Waals surface area contributed by atoms with E-state index in [0.717, 1.165) is 17.0 Å². The number of rotatable bonds is 16. The number of aromatic nitrogens is 1. The van der Waals surface area contributed by atoms with E-state index in [1.165, 1.54) is 16.9 Å². The monoisotopic (exact) mass is 548 g/mol. The van der Waals surface area contributed by atoms with Crippen LogP contribution in [0.25, 0.3) is 0 Å². The van der Waals surface area contributed by atoms with Crippen molar-refractivity contribution in [2.75, 3.05) is 18.9 Å². The van der Waals surface area contributed by atoms with Gasteiger partial charge in [-0.2, -0.15) is 12.6 Å². The summed E-state index contributed by atoms with van der Waals surface area (Å²) in [5.41, 5.74) is 8.97. The van der Waals surface area contributed by atoms with E-state index in [9.17, 15) is 9.59 Å². The fraction of sp³-hybridized carbons (Fsp3) is 0.607. The zero-order valence-corrected chi connectivity index (χ0v) is 24.5. The van der Waals surface area contributed by atoms with Gasteiger partial charge >= 0.3 is 0 Å². The number of thiol groups is 1. The smallest absolute Gasteiger partial charge is 0.270 e. The molecule has 0 fully saturated rings. The van der Waals surface area contributed by atoms with E-state index in [0.29, 0.717) is 49.8 Å². The lowest BCUT2D eigenvalue weighted by molar-refractivity contribution is -0.124. The Kier molecular flexibility index (Phi) is 13.6. The molecule has 0 aliphatic rings. The van der Waals surface area contributed by atoms with Gasteiger partial charge in [-0.05, 0) is 44.1 Å². The number of thiazole rings is 1. The van der Waals surface area contributed by atoms with E-state index in [1.54, 1.807) is 5.38 Å². The molecule has 1 heterocycles. The van der Waals surface area contributed by atoms with E-state index >= 15 is 0 Å². The standard InChI is InChI=1S/C28H44N4O3S2/c1-6-12-35-25(16-23(29)18(2)3)28-32-24(17-37-28)27(34)31-22(14-20(5)26(33)30-11-13-36)15-21-9-7-19(4)8-10-21/h7-10,17-18,20,22-23,25,36H,6,11-16,29H2,1-5H3,(H,30,33)(H,31,34). The number of benzene rings is 1. The van der Waals surface area contributed by atoms with Gasteiger partial charge in [0.25, 0.3) is 5.91 Å². The number of amides is 2. The summed E-state index contributed by atoms with van der Waals surface area (Å²) in [4.78, 5) is 30.4. The van der Waals surface area contributed by atoms with Crippen LogP contribution < -0.4 is 16.4 Å². The van der Waals surface area contributed by atoms with Crippen molar-refractivity contribution < 1.29 is 14.3 Å². The number of carbonyl (C=O) groups is 2. The van der Waals surface area contributed by atoms with Gasteiger partial charge in [0.2, 0.25) is 5.91 Å². The Morgan fingerprint density at radius 3 is 2.49 bits per heavy atom. The summed E-state index contributed by atoms with van der Waals surface area (Å²) >= 11 is 5.59. The number of nitrogens with one attached hydrogen (secondary N) is 2. The van der Waals surface area contributed by atoms with Crippen LogP contribution in [-0.2, 0) is 16.0 Å². The first-order valence-electron chi connectivity index (χ1n) is 13.2. The van der Waals surface area contributed by atoms with Crippen molar-refractivity contribution in [2.24, 2.45) is 17.6 Å². The molecule has 1 aromatic heterocycles. The third kappa shape index (κ3) is 10.8. The van der Waals surface area contributed by atoms with Gasteiger partial charge in [0, 0.05) is 42.3 Å². The van der Waals surface area contributed by atoms with E-state index in [-0.39, 0.29) is 35.9 Å². The van der Waals surface area contributed by atoms with Crippen molar-refractivity contribution in [2.45, 2.75) is 78.5 Å². The average molecular weight is 549 g/mol. The second-order valence-corrected chi connectivity index (χ2v) is 11.4. The highest BCUT2D eigenvalue weighted by atomic mass is 32.1. The third-order valence-corrected chi connectivity index (χ3v) is 7.49. The minimum atomic E-state index is -0.258. The highest BCUT2D eigenvalue weighted by Gasteiger charge is 2.25. The second kappa shape index (κ2) is 16.1. The molecule has 206 valence electrons. The number of nitrogens with two attached hydrogens (primary N) is 1. The zero-order chi connectivity index (χ0) is 27.4. The van der Waals surface area contributed by atoms with Crippen LogP contribution in [0.15, 0.2) is 29.6 Å². The first-order valence-corrected chi connectivity index (χ1v) is 14.7. The minimum absolute atomic E-state index is 0.0166. The summed E-state index contributed by atoms with van der Waals surface area (Å²) in [6, 6.07) is 8.00. The fourth-order valence-corrected chi connectivity index (χ4v) is 4.88. The quantitative estimate of drug-likeness (QED) is 0.228. The third-order valence-electron chi connectivity index (χ3n) is 6.33. The molecule has 0 saturated carbocycles. The lowest BCUT2D eigenvalue weighted by Gasteiger charge is -2.22. The molecule has 0 spiro atoms. The number of ether oxygens (including phenoxy) is 1. The highest BCUT2D eigenvalue weighted by Crippen LogP contribution is 2.28. The van der Waals surface area contributed by atoms with Gasteiger partial charge in [0.1, 0.15) is 16.8 Å². The molecule has 0 bridgehead atoms. The molecule has 4 atom stereocenters. The number of hydrogen-bond acceptors (Lipinski definition) is 7. The van der Waals surface area contributed by atoms with Gasteiger partial charge in [-0.1, -0.05) is 57.5 Å². The Bertz CT molecular complexity index is 965. The number of nitrogens with zero attached hydrogens (tertiary/aromatic N) is 1. The van der Waals surface area contributed by atoms with Crippen LogP contribution in [0.1, 0.15) is 79.7 Å². The van der Waals surface area contributed by atoms with Gasteiger partial charge < -0.3 is 21.1 Å². The maximum atomic E-state index is 13.3. The first kappa shape index (κ1) is 31.3. The van der Waals surface area contributed by atoms with Crippen molar-refractivity contribution in [1.82, 2.24) is 15.6 Å². The molecule has 7 nitrogen and oxygen atoms in total. The van der Waals surface area contributed by atoms with Crippen molar-refractivity contribution >= 4 is 35.8 Å². The van der Waals surface area contributed by atoms with Crippen LogP contribution in [0.2, 0.25) is 0 Å². The Labute approximate surface area is 231 Å². The summed E-state index contributed by atoms with van der Waals surface area (Å²) in [5, 5.41) is 8.57. The predicted molar refractivity (Wildman–Crippen MR) is 155 cm³/mol. The number of aryl methyl sites for hydroxylation is 1. The lowest BCUT2D eigenvalue weighted by atomic mass is 9.95. The Hall–Kier alpha value is -1.94. The molecule has 2 amide bonds. The Morgan fingerprint density at radius 1 is 1.16 bits per heavy atom. The van der Waals surface area contributed by atoms with Crippen LogP contribution >= 0.6 is 24.0 Å². The van der Waals surface area contributed by atoms with Crippen LogP contribution in [-0.4, -0.2) is 47.8 Å². The van der Waals surface area contributed by atoms with Crippen molar-refractivity contribution in [3.63, 3.8) is 0 Å². The average Bonchev–Trinajstić information content (AvgIpc) is 3.36. The van der Waals surface area contributed by atoms with E-state index in [2.05, 4.69) is 73.3 Å². The highest BCUT2D eigenvalue weighted by molar-refractivity contribution is 7.80. The van der Waals surface area contributed by atoms with Crippen LogP contribution in [0, 0.1) is 18.8 Å². The molecular formula is C28H44N4O3S2. The van der Waals surface area contributed by atoms with Gasteiger partial charge in [0.05, 0.1) is 0 Å². The number of carbonyl (C=O) groups excluding carboxylic acids is 2. The second-order valence-electron chi connectivity index (χ2n) is 10.1. The summed E-state index contributed by atoms with van der Waals surface area (Å²) in [7, 11) is 0. The van der Waals surface area contributed by atoms with Crippen molar-refractivity contribution in [1.29, 1.82) is 0 Å². The van der Waals surface area contributed by atoms with Gasteiger partial charge in [-0.25, -0.2) is 4.98 Å². The van der Waals surface area contributed by atoms with Gasteiger partial charge in [-0.3, -0.25) is 9.59 Å². The van der Waals surface area contributed by atoms with Crippen LogP contribution in [0.4, 0.5) is 0 Å². The van der Waals surface area contributed by atoms with Gasteiger partial charge in [0.15, 0.2) is 0 Å². The normalized spacial score (nSPS) is 14.7. The minimum Gasteiger partial charge on any atom is -0.371 e. The largest absolute Gasteiger partial charge is 0.371 e. The van der Waals surface area contributed by atoms with Crippen LogP contribution in [0.5, 0.6) is 0 Å². The van der Waals surface area contributed by atoms with Crippen molar-refractivity contribution in [3.05, 3.63) is 51.5 Å². The summed E-state index contributed by atoms with van der Waals surface area (Å²) in [5.74, 6) is 0.366. The molecule has 2 aromatic rings. The molecule has 9 heteroatoms. The summed E-state index contributed by atoms with van der Waals surface area (Å²) in [6.07, 6.45) is 2.45. The Morgan fingerprint density at radius 2 is 1.86 bits per heavy atom. The molecule has 0 aliphatic carbocycles. The van der Waals surface area contributed by atoms with Gasteiger partial charge in [-0.15, -0.1) is 11.3 Å². The zero-order valence-electron chi connectivity index (χ0n) is 22.8. The van der Waals surface area contributed by atoms with E-state index in [1.807, 2.05) is 13.8 Å². The molecule has 1 aromatic carbocycles. The SMILES string of the molecule is CCCOC(CC(N)C(C)C)c1nc(C(=O)NC(Cc2ccc(C)cc2)CC(C)C(=O)NCCS)cs1. The van der Waals surface area contributed by atoms with Crippen LogP contribution in [0.3, 0.4) is 0 Å². The predicted octanol–water partition coefficient (Wildman–Crippen LogP) is 4.71. The topological polar surface area (TPSA) is 106 Å². The summed E-state index contributed by atoms with van der Waals surface area (Å²) in [6.45, 7) is 11.3. The molecule has 4 unspecified atom stereocenters. The fourth-order valence-electron chi connectivity index (χ4n) is 3.91. The lowest BCUT2D eigenvalue weighted by Crippen LogP contribution is -2.41. The maximum absolute atomic E-state index is 13.3. The molecule has 37 heavy (non-hydrogen) atoms. The van der Waals surface area contributed by atoms with E-state index in [4.69, 9.17) is 10.5 Å². The van der Waals surface area contributed by atoms with Crippen molar-refractivity contribution in [3.8, 4) is 0 Å². The molecule has 2 rings (SSSR count). The molecule has 0 aliphatic heterocycles. The maximum Gasteiger partial charge on any atom is 0.270 e. The number of hydrogen-bond donors (Lipinski definition) is 4. The molecule has 0 radical (unpaired) electrons. The molecule has 4 N–H and O–H groups in total.